The van der Waals surface area contributed by atoms with Crippen molar-refractivity contribution in [2.45, 2.75) is 6.92 Å². The van der Waals surface area contributed by atoms with Gasteiger partial charge in [0, 0.05) is 12.0 Å². The molecule has 4 nitrogen and oxygen atoms in total. The predicted octanol–water partition coefficient (Wildman–Crippen LogP) is 1.83. The first kappa shape index (κ1) is 13.2. The van der Waals surface area contributed by atoms with Gasteiger partial charge < -0.3 is 14.3 Å². The van der Waals surface area contributed by atoms with Gasteiger partial charge in [-0.1, -0.05) is 6.92 Å². The first-order chi connectivity index (χ1) is 8.08. The molecule has 1 rings (SSSR count). The average molecular weight is 240 g/mol. The van der Waals surface area contributed by atoms with Crippen molar-refractivity contribution in [1.82, 2.24) is 0 Å². The zero-order valence-electron chi connectivity index (χ0n) is 9.60. The van der Waals surface area contributed by atoms with E-state index in [1.165, 1.54) is 19.2 Å². The molecule has 0 amide bonds. The molecule has 0 heterocycles. The lowest BCUT2D eigenvalue weighted by Gasteiger charge is -2.09. The number of methoxy groups -OCH3 is 1. The van der Waals surface area contributed by atoms with Gasteiger partial charge in [0.05, 0.1) is 19.3 Å². The van der Waals surface area contributed by atoms with E-state index < -0.39 is 11.8 Å². The number of hydrogen-bond donors (Lipinski definition) is 0. The molecule has 1 aromatic carbocycles. The molecule has 0 saturated heterocycles. The SMILES string of the molecule is COC(=O)c1ccc(OC[C@@H](C)C=O)cc1F. The molecule has 0 saturated carbocycles. The monoisotopic (exact) mass is 240 g/mol. The van der Waals surface area contributed by atoms with Gasteiger partial charge in [-0.25, -0.2) is 9.18 Å². The maximum atomic E-state index is 13.4. The second-order valence-corrected chi connectivity index (χ2v) is 3.56. The number of rotatable bonds is 5. The molecule has 92 valence electrons. The Morgan fingerprint density at radius 2 is 2.24 bits per heavy atom. The minimum Gasteiger partial charge on any atom is -0.493 e. The number of esters is 1. The Morgan fingerprint density at radius 3 is 2.76 bits per heavy atom. The van der Waals surface area contributed by atoms with Crippen molar-refractivity contribution in [1.29, 1.82) is 0 Å². The van der Waals surface area contributed by atoms with Gasteiger partial charge in [0.25, 0.3) is 0 Å². The minimum atomic E-state index is -0.740. The Balaban J connectivity index is 2.75. The molecule has 0 radical (unpaired) electrons. The van der Waals surface area contributed by atoms with Crippen LogP contribution in [0.2, 0.25) is 0 Å². The van der Waals surface area contributed by atoms with Gasteiger partial charge in [0.1, 0.15) is 17.9 Å². The number of carbonyl (C=O) groups is 2. The third-order valence-corrected chi connectivity index (χ3v) is 2.09. The highest BCUT2D eigenvalue weighted by molar-refractivity contribution is 5.89. The summed E-state index contributed by atoms with van der Waals surface area (Å²) in [6.45, 7) is 1.85. The number of aldehydes is 1. The van der Waals surface area contributed by atoms with E-state index in [1.807, 2.05) is 0 Å². The predicted molar refractivity (Wildman–Crippen MR) is 58.5 cm³/mol. The summed E-state index contributed by atoms with van der Waals surface area (Å²) in [6.07, 6.45) is 0.749. The first-order valence-electron chi connectivity index (χ1n) is 5.04. The largest absolute Gasteiger partial charge is 0.493 e. The van der Waals surface area contributed by atoms with E-state index in [9.17, 15) is 14.0 Å². The third-order valence-electron chi connectivity index (χ3n) is 2.09. The van der Waals surface area contributed by atoms with Crippen LogP contribution in [0.15, 0.2) is 18.2 Å². The molecule has 0 bridgehead atoms. The van der Waals surface area contributed by atoms with Crippen molar-refractivity contribution in [3.8, 4) is 5.75 Å². The zero-order valence-corrected chi connectivity index (χ0v) is 9.60. The quantitative estimate of drug-likeness (QED) is 0.582. The minimum absolute atomic E-state index is 0.150. The van der Waals surface area contributed by atoms with Crippen molar-refractivity contribution in [3.05, 3.63) is 29.6 Å². The summed E-state index contributed by atoms with van der Waals surface area (Å²) in [5, 5.41) is 0. The summed E-state index contributed by atoms with van der Waals surface area (Å²) in [5.41, 5.74) is -0.150. The van der Waals surface area contributed by atoms with Crippen molar-refractivity contribution >= 4 is 12.3 Å². The fourth-order valence-electron chi connectivity index (χ4n) is 1.13. The van der Waals surface area contributed by atoms with Gasteiger partial charge in [-0.3, -0.25) is 0 Å². The van der Waals surface area contributed by atoms with E-state index in [1.54, 1.807) is 6.92 Å². The molecule has 0 N–H and O–H groups in total. The third kappa shape index (κ3) is 3.55. The van der Waals surface area contributed by atoms with E-state index in [0.717, 1.165) is 12.4 Å². The Labute approximate surface area is 98.3 Å². The maximum absolute atomic E-state index is 13.4. The Morgan fingerprint density at radius 1 is 1.53 bits per heavy atom. The summed E-state index contributed by atoms with van der Waals surface area (Å²) in [5.74, 6) is -1.45. The van der Waals surface area contributed by atoms with Crippen molar-refractivity contribution < 1.29 is 23.5 Å². The number of ether oxygens (including phenoxy) is 2. The van der Waals surface area contributed by atoms with Gasteiger partial charge in [-0.05, 0) is 12.1 Å². The normalized spacial score (nSPS) is 11.7. The average Bonchev–Trinajstić information content (AvgIpc) is 2.35. The highest BCUT2D eigenvalue weighted by Crippen LogP contribution is 2.17. The molecule has 1 atom stereocenters. The number of hydrogen-bond acceptors (Lipinski definition) is 4. The van der Waals surface area contributed by atoms with E-state index in [-0.39, 0.29) is 23.8 Å². The maximum Gasteiger partial charge on any atom is 0.340 e. The standard InChI is InChI=1S/C12H13FO4/c1-8(6-14)7-17-9-3-4-10(11(13)5-9)12(15)16-2/h3-6,8H,7H2,1-2H3/t8-/m0/s1. The van der Waals surface area contributed by atoms with Crippen LogP contribution < -0.4 is 4.74 Å². The van der Waals surface area contributed by atoms with E-state index in [2.05, 4.69) is 4.74 Å². The molecule has 1 aromatic rings. The van der Waals surface area contributed by atoms with Crippen molar-refractivity contribution in [2.24, 2.45) is 5.92 Å². The molecule has 5 heteroatoms. The summed E-state index contributed by atoms with van der Waals surface area (Å²) in [7, 11) is 1.18. The van der Waals surface area contributed by atoms with Crippen molar-refractivity contribution in [3.63, 3.8) is 0 Å². The molecule has 17 heavy (non-hydrogen) atoms. The molecular weight excluding hydrogens is 227 g/mol. The fraction of sp³-hybridized carbons (Fsp3) is 0.333. The smallest absolute Gasteiger partial charge is 0.340 e. The topological polar surface area (TPSA) is 52.6 Å². The highest BCUT2D eigenvalue weighted by atomic mass is 19.1. The van der Waals surface area contributed by atoms with Crippen LogP contribution >= 0.6 is 0 Å². The van der Waals surface area contributed by atoms with Crippen molar-refractivity contribution in [2.75, 3.05) is 13.7 Å². The Bertz CT molecular complexity index is 417. The number of halogens is 1. The van der Waals surface area contributed by atoms with Crippen LogP contribution in [-0.2, 0) is 9.53 Å². The van der Waals surface area contributed by atoms with Gasteiger partial charge in [0.2, 0.25) is 0 Å². The van der Waals surface area contributed by atoms with Crippen LogP contribution in [-0.4, -0.2) is 26.0 Å². The van der Waals surface area contributed by atoms with Crippen LogP contribution in [0.5, 0.6) is 5.75 Å². The van der Waals surface area contributed by atoms with Crippen LogP contribution in [0.25, 0.3) is 0 Å². The van der Waals surface area contributed by atoms with E-state index in [0.29, 0.717) is 0 Å². The molecule has 0 aliphatic heterocycles. The van der Waals surface area contributed by atoms with E-state index in [4.69, 9.17) is 4.74 Å². The van der Waals surface area contributed by atoms with Gasteiger partial charge in [0.15, 0.2) is 0 Å². The van der Waals surface area contributed by atoms with E-state index >= 15 is 0 Å². The van der Waals surface area contributed by atoms with Gasteiger partial charge in [-0.2, -0.15) is 0 Å². The number of carbonyl (C=O) groups excluding carboxylic acids is 2. The summed E-state index contributed by atoms with van der Waals surface area (Å²) < 4.78 is 23.0. The molecule has 0 fully saturated rings. The van der Waals surface area contributed by atoms with Crippen LogP contribution in [0.1, 0.15) is 17.3 Å². The molecule has 0 aromatic heterocycles. The second kappa shape index (κ2) is 5.98. The molecule has 0 spiro atoms. The highest BCUT2D eigenvalue weighted by Gasteiger charge is 2.13. The zero-order chi connectivity index (χ0) is 12.8. The van der Waals surface area contributed by atoms with Crippen LogP contribution in [0, 0.1) is 11.7 Å². The summed E-state index contributed by atoms with van der Waals surface area (Å²) in [4.78, 5) is 21.5. The molecule has 0 unspecified atom stereocenters. The van der Waals surface area contributed by atoms with Gasteiger partial charge >= 0.3 is 5.97 Å². The summed E-state index contributed by atoms with van der Waals surface area (Å²) in [6, 6.07) is 3.82. The lowest BCUT2D eigenvalue weighted by molar-refractivity contribution is -0.111. The molecule has 0 aliphatic carbocycles. The fourth-order valence-corrected chi connectivity index (χ4v) is 1.13. The van der Waals surface area contributed by atoms with Crippen LogP contribution in [0.4, 0.5) is 4.39 Å². The number of benzene rings is 1. The Kier molecular flexibility index (Phi) is 4.63. The Hall–Kier alpha value is -1.91. The van der Waals surface area contributed by atoms with Crippen LogP contribution in [0.3, 0.4) is 0 Å². The van der Waals surface area contributed by atoms with Gasteiger partial charge in [-0.15, -0.1) is 0 Å². The lowest BCUT2D eigenvalue weighted by Crippen LogP contribution is -2.10. The summed E-state index contributed by atoms with van der Waals surface area (Å²) >= 11 is 0. The molecular formula is C12H13FO4. The second-order valence-electron chi connectivity index (χ2n) is 3.56. The lowest BCUT2D eigenvalue weighted by atomic mass is 10.2. The first-order valence-corrected chi connectivity index (χ1v) is 5.04. The molecule has 0 aliphatic rings.